The third-order valence-corrected chi connectivity index (χ3v) is 3.28. The zero-order valence-corrected chi connectivity index (χ0v) is 9.63. The molecule has 1 atom stereocenters. The normalized spacial score (nSPS) is 20.2. The molecule has 0 aromatic carbocycles. The fraction of sp³-hybridized carbons (Fsp3) is 0.500. The molecule has 0 radical (unpaired) electrons. The highest BCUT2D eigenvalue weighted by molar-refractivity contribution is 5.74. The summed E-state index contributed by atoms with van der Waals surface area (Å²) in [7, 11) is 0. The van der Waals surface area contributed by atoms with Crippen LogP contribution in [0.4, 0.5) is 0 Å². The first-order chi connectivity index (χ1) is 8.40. The molecule has 2 N–H and O–H groups in total. The van der Waals surface area contributed by atoms with Gasteiger partial charge in [0.1, 0.15) is 5.82 Å². The summed E-state index contributed by atoms with van der Waals surface area (Å²) in [5, 5.41) is 12.6. The lowest BCUT2D eigenvalue weighted by atomic mass is 10.2. The van der Waals surface area contributed by atoms with Gasteiger partial charge < -0.3 is 15.0 Å². The van der Waals surface area contributed by atoms with E-state index in [-0.39, 0.29) is 6.61 Å². The highest BCUT2D eigenvalue weighted by Gasteiger charge is 2.22. The largest absolute Gasteiger partial charge is 0.395 e. The van der Waals surface area contributed by atoms with Crippen molar-refractivity contribution in [1.29, 1.82) is 0 Å². The van der Waals surface area contributed by atoms with E-state index in [1.54, 1.807) is 6.20 Å². The van der Waals surface area contributed by atoms with Crippen molar-refractivity contribution in [2.75, 3.05) is 13.2 Å². The number of nitrogens with zero attached hydrogens (tertiary/aromatic N) is 3. The molecule has 3 heterocycles. The Hall–Kier alpha value is -1.46. The SMILES string of the molecule is OCCn1c([C@@H]2CCCN2)nc2ccncc21. The Kier molecular flexibility index (Phi) is 2.78. The number of imidazole rings is 1. The van der Waals surface area contributed by atoms with Gasteiger partial charge in [-0.2, -0.15) is 0 Å². The number of aliphatic hydroxyl groups excluding tert-OH is 1. The highest BCUT2D eigenvalue weighted by Crippen LogP contribution is 2.25. The standard InChI is InChI=1S/C12H16N4O/c17-7-6-16-11-8-13-5-3-9(11)15-12(16)10-2-1-4-14-10/h3,5,8,10,14,17H,1-2,4,6-7H2/t10-/m0/s1. The highest BCUT2D eigenvalue weighted by atomic mass is 16.3. The molecular weight excluding hydrogens is 216 g/mol. The average molecular weight is 232 g/mol. The molecule has 0 spiro atoms. The molecule has 1 aliphatic heterocycles. The van der Waals surface area contributed by atoms with E-state index in [1.165, 1.54) is 6.42 Å². The number of hydrogen-bond donors (Lipinski definition) is 2. The van der Waals surface area contributed by atoms with E-state index in [2.05, 4.69) is 19.9 Å². The zero-order chi connectivity index (χ0) is 11.7. The van der Waals surface area contributed by atoms with Gasteiger partial charge in [-0.15, -0.1) is 0 Å². The van der Waals surface area contributed by atoms with Crippen molar-refractivity contribution >= 4 is 11.0 Å². The number of nitrogens with one attached hydrogen (secondary N) is 1. The van der Waals surface area contributed by atoms with Crippen molar-refractivity contribution in [3.63, 3.8) is 0 Å². The lowest BCUT2D eigenvalue weighted by Crippen LogP contribution is -2.19. The van der Waals surface area contributed by atoms with Gasteiger partial charge in [0.25, 0.3) is 0 Å². The molecule has 17 heavy (non-hydrogen) atoms. The van der Waals surface area contributed by atoms with Gasteiger partial charge in [-0.1, -0.05) is 0 Å². The summed E-state index contributed by atoms with van der Waals surface area (Å²) in [4.78, 5) is 8.80. The van der Waals surface area contributed by atoms with Crippen LogP contribution in [0, 0.1) is 0 Å². The summed E-state index contributed by atoms with van der Waals surface area (Å²) >= 11 is 0. The molecule has 1 aliphatic rings. The number of hydrogen-bond acceptors (Lipinski definition) is 4. The van der Waals surface area contributed by atoms with Gasteiger partial charge in [0.15, 0.2) is 0 Å². The van der Waals surface area contributed by atoms with Crippen LogP contribution in [-0.4, -0.2) is 32.8 Å². The van der Waals surface area contributed by atoms with Crippen LogP contribution in [0.15, 0.2) is 18.5 Å². The summed E-state index contributed by atoms with van der Waals surface area (Å²) in [6.45, 7) is 1.75. The van der Waals surface area contributed by atoms with Crippen LogP contribution in [-0.2, 0) is 6.54 Å². The molecule has 0 aliphatic carbocycles. The molecule has 0 bridgehead atoms. The van der Waals surface area contributed by atoms with E-state index >= 15 is 0 Å². The molecule has 0 amide bonds. The minimum absolute atomic E-state index is 0.125. The van der Waals surface area contributed by atoms with Gasteiger partial charge in [-0.05, 0) is 25.5 Å². The van der Waals surface area contributed by atoms with Gasteiger partial charge in [0.05, 0.1) is 29.9 Å². The monoisotopic (exact) mass is 232 g/mol. The van der Waals surface area contributed by atoms with Gasteiger partial charge >= 0.3 is 0 Å². The summed E-state index contributed by atoms with van der Waals surface area (Å²) in [6.07, 6.45) is 5.87. The van der Waals surface area contributed by atoms with Crippen molar-refractivity contribution in [3.8, 4) is 0 Å². The summed E-state index contributed by atoms with van der Waals surface area (Å²) in [6, 6.07) is 2.23. The Morgan fingerprint density at radius 3 is 3.24 bits per heavy atom. The average Bonchev–Trinajstić information content (AvgIpc) is 2.97. The molecule has 1 fully saturated rings. The smallest absolute Gasteiger partial charge is 0.127 e. The maximum Gasteiger partial charge on any atom is 0.127 e. The topological polar surface area (TPSA) is 63.0 Å². The number of aromatic nitrogens is 3. The predicted molar refractivity (Wildman–Crippen MR) is 64.6 cm³/mol. The van der Waals surface area contributed by atoms with Gasteiger partial charge in [-0.25, -0.2) is 4.98 Å². The molecule has 90 valence electrons. The van der Waals surface area contributed by atoms with Crippen LogP contribution in [0.1, 0.15) is 24.7 Å². The summed E-state index contributed by atoms with van der Waals surface area (Å²) < 4.78 is 2.07. The van der Waals surface area contributed by atoms with Crippen LogP contribution >= 0.6 is 0 Å². The Balaban J connectivity index is 2.11. The van der Waals surface area contributed by atoms with E-state index < -0.39 is 0 Å². The number of aliphatic hydroxyl groups is 1. The second kappa shape index (κ2) is 4.43. The first-order valence-corrected chi connectivity index (χ1v) is 6.04. The van der Waals surface area contributed by atoms with Crippen LogP contribution in [0.5, 0.6) is 0 Å². The molecule has 5 nitrogen and oxygen atoms in total. The lowest BCUT2D eigenvalue weighted by Gasteiger charge is -2.12. The lowest BCUT2D eigenvalue weighted by molar-refractivity contribution is 0.274. The van der Waals surface area contributed by atoms with Crippen molar-refractivity contribution in [2.24, 2.45) is 0 Å². The second-order valence-corrected chi connectivity index (χ2v) is 4.36. The third-order valence-electron chi connectivity index (χ3n) is 3.28. The van der Waals surface area contributed by atoms with E-state index in [1.807, 2.05) is 12.3 Å². The van der Waals surface area contributed by atoms with E-state index in [9.17, 15) is 5.11 Å². The number of pyridine rings is 1. The molecule has 0 saturated carbocycles. The fourth-order valence-corrected chi connectivity index (χ4v) is 2.49. The van der Waals surface area contributed by atoms with Crippen LogP contribution in [0.3, 0.4) is 0 Å². The molecule has 5 heteroatoms. The Bertz CT molecular complexity index is 516. The maximum absolute atomic E-state index is 9.18. The summed E-state index contributed by atoms with van der Waals surface area (Å²) in [5.74, 6) is 1.03. The molecule has 2 aromatic rings. The number of fused-ring (bicyclic) bond motifs is 1. The molecule has 2 aromatic heterocycles. The van der Waals surface area contributed by atoms with Crippen molar-refractivity contribution < 1.29 is 5.11 Å². The Labute approximate surface area is 99.5 Å². The van der Waals surface area contributed by atoms with Gasteiger partial charge in [0, 0.05) is 12.7 Å². The van der Waals surface area contributed by atoms with Gasteiger partial charge in [0.2, 0.25) is 0 Å². The first kappa shape index (κ1) is 10.7. The Morgan fingerprint density at radius 2 is 2.47 bits per heavy atom. The first-order valence-electron chi connectivity index (χ1n) is 6.04. The van der Waals surface area contributed by atoms with Crippen LogP contribution in [0.2, 0.25) is 0 Å². The van der Waals surface area contributed by atoms with Crippen molar-refractivity contribution in [1.82, 2.24) is 19.9 Å². The molecule has 1 saturated heterocycles. The van der Waals surface area contributed by atoms with Crippen LogP contribution < -0.4 is 5.32 Å². The predicted octanol–water partition coefficient (Wildman–Crippen LogP) is 0.848. The minimum atomic E-state index is 0.125. The third kappa shape index (κ3) is 1.81. The molecule has 0 unspecified atom stereocenters. The van der Waals surface area contributed by atoms with E-state index in [0.717, 1.165) is 29.8 Å². The minimum Gasteiger partial charge on any atom is -0.395 e. The maximum atomic E-state index is 9.18. The quantitative estimate of drug-likeness (QED) is 0.823. The van der Waals surface area contributed by atoms with E-state index in [4.69, 9.17) is 0 Å². The molecular formula is C12H16N4O. The zero-order valence-electron chi connectivity index (χ0n) is 9.63. The number of rotatable bonds is 3. The van der Waals surface area contributed by atoms with Gasteiger partial charge in [-0.3, -0.25) is 4.98 Å². The fourth-order valence-electron chi connectivity index (χ4n) is 2.49. The Morgan fingerprint density at radius 1 is 1.53 bits per heavy atom. The van der Waals surface area contributed by atoms with Crippen molar-refractivity contribution in [3.05, 3.63) is 24.3 Å². The summed E-state index contributed by atoms with van der Waals surface area (Å²) in [5.41, 5.74) is 1.96. The van der Waals surface area contributed by atoms with Crippen LogP contribution in [0.25, 0.3) is 11.0 Å². The van der Waals surface area contributed by atoms with Crippen molar-refractivity contribution in [2.45, 2.75) is 25.4 Å². The van der Waals surface area contributed by atoms with E-state index in [0.29, 0.717) is 12.6 Å². The second-order valence-electron chi connectivity index (χ2n) is 4.36. The molecule has 3 rings (SSSR count).